The van der Waals surface area contributed by atoms with E-state index < -0.39 is 0 Å². The molecular formula is C15H32. The van der Waals surface area contributed by atoms with Crippen LogP contribution in [0.5, 0.6) is 0 Å². The van der Waals surface area contributed by atoms with Gasteiger partial charge in [0.2, 0.25) is 0 Å². The van der Waals surface area contributed by atoms with Gasteiger partial charge in [0.05, 0.1) is 0 Å². The molecule has 0 aromatic carbocycles. The maximum atomic E-state index is 3.64. The molecule has 0 radical (unpaired) electrons. The van der Waals surface area contributed by atoms with Gasteiger partial charge in [-0.1, -0.05) is 80.4 Å². The molecule has 0 amide bonds. The van der Waals surface area contributed by atoms with Crippen LogP contribution in [0.1, 0.15) is 55.9 Å². The summed E-state index contributed by atoms with van der Waals surface area (Å²) in [6.45, 7) is 14.2. The summed E-state index contributed by atoms with van der Waals surface area (Å²) in [5.74, 6) is 0.617. The summed E-state index contributed by atoms with van der Waals surface area (Å²) >= 11 is 0. The zero-order valence-corrected chi connectivity index (χ0v) is 9.80. The molecule has 0 aliphatic rings. The van der Waals surface area contributed by atoms with E-state index in [0.29, 0.717) is 5.92 Å². The van der Waals surface area contributed by atoms with Crippen LogP contribution in [0, 0.1) is 5.92 Å². The number of hydrogen-bond acceptors (Lipinski definition) is 0. The van der Waals surface area contributed by atoms with Crippen molar-refractivity contribution in [3.8, 4) is 0 Å². The Morgan fingerprint density at radius 1 is 1.20 bits per heavy atom. The first-order chi connectivity index (χ1) is 6.22. The SMILES string of the molecule is C.C.C=C/C=C\C(=C/CC)C(C)C.CC. The molecule has 15 heavy (non-hydrogen) atoms. The second-order valence-corrected chi connectivity index (χ2v) is 2.86. The Kier molecular flexibility index (Phi) is 30.0. The van der Waals surface area contributed by atoms with E-state index >= 15 is 0 Å². The number of hydrogen-bond donors (Lipinski definition) is 0. The molecule has 0 spiro atoms. The van der Waals surface area contributed by atoms with Crippen molar-refractivity contribution in [2.75, 3.05) is 0 Å². The van der Waals surface area contributed by atoms with Crippen LogP contribution in [0.3, 0.4) is 0 Å². The van der Waals surface area contributed by atoms with Gasteiger partial charge < -0.3 is 0 Å². The van der Waals surface area contributed by atoms with Crippen LogP contribution in [-0.2, 0) is 0 Å². The maximum Gasteiger partial charge on any atom is -0.0222 e. The predicted molar refractivity (Wildman–Crippen MR) is 77.4 cm³/mol. The Morgan fingerprint density at radius 2 is 1.67 bits per heavy atom. The van der Waals surface area contributed by atoms with Crippen molar-refractivity contribution in [2.45, 2.75) is 55.9 Å². The highest BCUT2D eigenvalue weighted by Crippen LogP contribution is 2.11. The third kappa shape index (κ3) is 15.9. The fourth-order valence-electron chi connectivity index (χ4n) is 0.911. The largest absolute Gasteiger partial charge is 0.0991 e. The van der Waals surface area contributed by atoms with Gasteiger partial charge in [-0.15, -0.1) is 0 Å². The van der Waals surface area contributed by atoms with Crippen molar-refractivity contribution in [3.63, 3.8) is 0 Å². The Hall–Kier alpha value is -0.780. The van der Waals surface area contributed by atoms with Crippen molar-refractivity contribution in [3.05, 3.63) is 36.5 Å². The number of allylic oxidation sites excluding steroid dienone is 5. The second kappa shape index (κ2) is 18.9. The molecule has 0 nitrogen and oxygen atoms in total. The predicted octanol–water partition coefficient (Wildman–Crippen LogP) is 6.02. The van der Waals surface area contributed by atoms with Crippen LogP contribution < -0.4 is 0 Å². The molecule has 0 aromatic heterocycles. The van der Waals surface area contributed by atoms with Crippen molar-refractivity contribution < 1.29 is 0 Å². The monoisotopic (exact) mass is 212 g/mol. The summed E-state index contributed by atoms with van der Waals surface area (Å²) in [7, 11) is 0. The van der Waals surface area contributed by atoms with Gasteiger partial charge in [-0.3, -0.25) is 0 Å². The zero-order chi connectivity index (χ0) is 10.7. The van der Waals surface area contributed by atoms with E-state index in [-0.39, 0.29) is 14.9 Å². The van der Waals surface area contributed by atoms with Crippen LogP contribution >= 0.6 is 0 Å². The topological polar surface area (TPSA) is 0 Å². The van der Waals surface area contributed by atoms with Gasteiger partial charge in [-0.25, -0.2) is 0 Å². The van der Waals surface area contributed by atoms with Gasteiger partial charge in [0.25, 0.3) is 0 Å². The minimum absolute atomic E-state index is 0. The Balaban J connectivity index is -0.000000142. The summed E-state index contributed by atoms with van der Waals surface area (Å²) in [4.78, 5) is 0. The van der Waals surface area contributed by atoms with Crippen LogP contribution in [0.4, 0.5) is 0 Å². The molecule has 0 N–H and O–H groups in total. The molecule has 0 bridgehead atoms. The Morgan fingerprint density at radius 3 is 1.93 bits per heavy atom. The quantitative estimate of drug-likeness (QED) is 0.500. The molecule has 0 heterocycles. The lowest BCUT2D eigenvalue weighted by atomic mass is 10.0. The molecule has 0 fully saturated rings. The highest BCUT2D eigenvalue weighted by atomic mass is 14.0. The summed E-state index contributed by atoms with van der Waals surface area (Å²) in [5.41, 5.74) is 1.40. The molecule has 0 unspecified atom stereocenters. The molecule has 0 aromatic rings. The lowest BCUT2D eigenvalue weighted by Gasteiger charge is -2.04. The van der Waals surface area contributed by atoms with E-state index in [4.69, 9.17) is 0 Å². The molecule has 0 aliphatic heterocycles. The van der Waals surface area contributed by atoms with E-state index in [1.165, 1.54) is 5.57 Å². The van der Waals surface area contributed by atoms with Crippen molar-refractivity contribution in [1.29, 1.82) is 0 Å². The fraction of sp³-hybridized carbons (Fsp3) is 0.600. The third-order valence-electron chi connectivity index (χ3n) is 1.53. The standard InChI is InChI=1S/C11H18.C2H6.2CH4/c1-5-7-9-11(8-6-2)10(3)4;1-2;;/h5,7-10H,1,6H2,2-4H3;1-2H3;2*1H4/b9-7-,11-8+;;;. The highest BCUT2D eigenvalue weighted by molar-refractivity contribution is 5.22. The average Bonchev–Trinajstić information content (AvgIpc) is 2.15. The smallest absolute Gasteiger partial charge is 0.0222 e. The first-order valence-corrected chi connectivity index (χ1v) is 5.21. The second-order valence-electron chi connectivity index (χ2n) is 2.86. The fourth-order valence-corrected chi connectivity index (χ4v) is 0.911. The summed E-state index contributed by atoms with van der Waals surface area (Å²) < 4.78 is 0. The zero-order valence-electron chi connectivity index (χ0n) is 9.80. The van der Waals surface area contributed by atoms with Gasteiger partial charge >= 0.3 is 0 Å². The van der Waals surface area contributed by atoms with Crippen LogP contribution in [0.15, 0.2) is 36.5 Å². The molecule has 0 saturated heterocycles. The van der Waals surface area contributed by atoms with Crippen molar-refractivity contribution in [2.24, 2.45) is 5.92 Å². The lowest BCUT2D eigenvalue weighted by molar-refractivity contribution is 0.785. The normalized spacial score (nSPS) is 9.87. The van der Waals surface area contributed by atoms with Crippen LogP contribution in [0.25, 0.3) is 0 Å². The molecule has 0 atom stereocenters. The molecular weight excluding hydrogens is 180 g/mol. The molecule has 92 valence electrons. The average molecular weight is 212 g/mol. The minimum Gasteiger partial charge on any atom is -0.0991 e. The summed E-state index contributed by atoms with van der Waals surface area (Å²) in [6, 6.07) is 0. The van der Waals surface area contributed by atoms with E-state index in [9.17, 15) is 0 Å². The maximum absolute atomic E-state index is 3.64. The van der Waals surface area contributed by atoms with E-state index in [2.05, 4.69) is 39.5 Å². The first kappa shape index (κ1) is 23.8. The van der Waals surface area contributed by atoms with E-state index in [0.717, 1.165) is 6.42 Å². The summed E-state index contributed by atoms with van der Waals surface area (Å²) in [5, 5.41) is 0. The number of rotatable bonds is 4. The van der Waals surface area contributed by atoms with E-state index in [1.807, 2.05) is 26.0 Å². The van der Waals surface area contributed by atoms with Gasteiger partial charge in [0.15, 0.2) is 0 Å². The minimum atomic E-state index is 0. The van der Waals surface area contributed by atoms with Crippen molar-refractivity contribution >= 4 is 0 Å². The first-order valence-electron chi connectivity index (χ1n) is 5.21. The Labute approximate surface area is 98.8 Å². The van der Waals surface area contributed by atoms with Gasteiger partial charge in [-0.2, -0.15) is 0 Å². The van der Waals surface area contributed by atoms with Gasteiger partial charge in [0, 0.05) is 0 Å². The van der Waals surface area contributed by atoms with Crippen molar-refractivity contribution in [1.82, 2.24) is 0 Å². The van der Waals surface area contributed by atoms with Gasteiger partial charge in [0.1, 0.15) is 0 Å². The molecule has 0 aliphatic carbocycles. The molecule has 0 saturated carbocycles. The van der Waals surface area contributed by atoms with Crippen LogP contribution in [0.2, 0.25) is 0 Å². The Bertz CT molecular complexity index is 159. The summed E-state index contributed by atoms with van der Waals surface area (Å²) in [6.07, 6.45) is 9.29. The third-order valence-corrected chi connectivity index (χ3v) is 1.53. The highest BCUT2D eigenvalue weighted by Gasteiger charge is 1.95. The lowest BCUT2D eigenvalue weighted by Crippen LogP contribution is -1.89. The molecule has 0 heteroatoms. The van der Waals surface area contributed by atoms with E-state index in [1.54, 1.807) is 0 Å². The van der Waals surface area contributed by atoms with Gasteiger partial charge in [-0.05, 0) is 17.9 Å². The molecule has 0 rings (SSSR count). The van der Waals surface area contributed by atoms with Crippen LogP contribution in [-0.4, -0.2) is 0 Å².